The molecule has 0 saturated heterocycles. The van der Waals surface area contributed by atoms with Crippen LogP contribution in [0.5, 0.6) is 0 Å². The van der Waals surface area contributed by atoms with Crippen molar-refractivity contribution in [2.75, 3.05) is 25.6 Å². The summed E-state index contributed by atoms with van der Waals surface area (Å²) in [6.45, 7) is 1.64. The van der Waals surface area contributed by atoms with Crippen LogP contribution >= 0.6 is 0 Å². The quantitative estimate of drug-likeness (QED) is 0.621. The van der Waals surface area contributed by atoms with E-state index in [4.69, 9.17) is 4.84 Å². The fourth-order valence-corrected chi connectivity index (χ4v) is 2.17. The molecule has 5 nitrogen and oxygen atoms in total. The number of rotatable bonds is 7. The van der Waals surface area contributed by atoms with E-state index in [1.54, 1.807) is 18.3 Å². The first-order chi connectivity index (χ1) is 12.0. The standard InChI is InChI=1S/C19H22FN3O2/c1-14(16-6-8-17(20)9-7-16)22-19(24)13-25-21-12-15-4-10-18(11-5-15)23(2)3/h4-12,14H,13H2,1-3H3,(H,22,24)/b21-12-/t14-/m1/s1. The van der Waals surface area contributed by atoms with E-state index in [0.29, 0.717) is 0 Å². The van der Waals surface area contributed by atoms with Crippen molar-refractivity contribution in [2.24, 2.45) is 5.16 Å². The average molecular weight is 343 g/mol. The number of nitrogens with one attached hydrogen (secondary N) is 1. The SMILES string of the molecule is C[C@@H](NC(=O)CO/N=C\c1ccc(N(C)C)cc1)c1ccc(F)cc1. The smallest absolute Gasteiger partial charge is 0.261 e. The minimum atomic E-state index is -0.307. The topological polar surface area (TPSA) is 53.9 Å². The van der Waals surface area contributed by atoms with Gasteiger partial charge in [0.25, 0.3) is 5.91 Å². The number of anilines is 1. The molecular weight excluding hydrogens is 321 g/mol. The molecule has 1 atom stereocenters. The van der Waals surface area contributed by atoms with E-state index >= 15 is 0 Å². The summed E-state index contributed by atoms with van der Waals surface area (Å²) in [5.74, 6) is -0.601. The van der Waals surface area contributed by atoms with Crippen molar-refractivity contribution >= 4 is 17.8 Å². The fourth-order valence-electron chi connectivity index (χ4n) is 2.17. The summed E-state index contributed by atoms with van der Waals surface area (Å²) in [7, 11) is 3.94. The van der Waals surface area contributed by atoms with E-state index in [1.165, 1.54) is 12.1 Å². The van der Waals surface area contributed by atoms with Gasteiger partial charge in [-0.1, -0.05) is 29.4 Å². The first kappa shape index (κ1) is 18.4. The third kappa shape index (κ3) is 5.91. The van der Waals surface area contributed by atoms with Gasteiger partial charge in [-0.3, -0.25) is 4.79 Å². The average Bonchev–Trinajstić information content (AvgIpc) is 2.59. The van der Waals surface area contributed by atoms with Crippen molar-refractivity contribution in [3.63, 3.8) is 0 Å². The van der Waals surface area contributed by atoms with Crippen LogP contribution in [0.2, 0.25) is 0 Å². The molecule has 0 saturated carbocycles. The van der Waals surface area contributed by atoms with Gasteiger partial charge in [0, 0.05) is 19.8 Å². The Morgan fingerprint density at radius 3 is 2.44 bits per heavy atom. The number of oxime groups is 1. The molecule has 0 aromatic heterocycles. The zero-order chi connectivity index (χ0) is 18.2. The van der Waals surface area contributed by atoms with Crippen LogP contribution in [0.15, 0.2) is 53.7 Å². The van der Waals surface area contributed by atoms with Crippen LogP contribution in [0.3, 0.4) is 0 Å². The summed E-state index contributed by atoms with van der Waals surface area (Å²) < 4.78 is 12.9. The van der Waals surface area contributed by atoms with Crippen molar-refractivity contribution in [2.45, 2.75) is 13.0 Å². The van der Waals surface area contributed by atoms with Crippen molar-refractivity contribution in [1.29, 1.82) is 0 Å². The molecule has 0 spiro atoms. The molecule has 0 aliphatic heterocycles. The molecule has 0 radical (unpaired) electrons. The monoisotopic (exact) mass is 343 g/mol. The van der Waals surface area contributed by atoms with Gasteiger partial charge in [0.05, 0.1) is 12.3 Å². The lowest BCUT2D eigenvalue weighted by Crippen LogP contribution is -2.29. The van der Waals surface area contributed by atoms with Crippen LogP contribution < -0.4 is 10.2 Å². The Hall–Kier alpha value is -2.89. The van der Waals surface area contributed by atoms with E-state index in [2.05, 4.69) is 10.5 Å². The highest BCUT2D eigenvalue weighted by atomic mass is 19.1. The van der Waals surface area contributed by atoms with Crippen molar-refractivity contribution in [3.8, 4) is 0 Å². The van der Waals surface area contributed by atoms with E-state index in [1.807, 2.05) is 50.2 Å². The van der Waals surface area contributed by atoms with Crippen LogP contribution in [-0.2, 0) is 9.63 Å². The number of amides is 1. The largest absolute Gasteiger partial charge is 0.386 e. The maximum atomic E-state index is 12.9. The number of benzene rings is 2. The van der Waals surface area contributed by atoms with Gasteiger partial charge in [-0.25, -0.2) is 4.39 Å². The van der Waals surface area contributed by atoms with E-state index < -0.39 is 0 Å². The number of nitrogens with zero attached hydrogens (tertiary/aromatic N) is 2. The molecule has 25 heavy (non-hydrogen) atoms. The summed E-state index contributed by atoms with van der Waals surface area (Å²) in [5.41, 5.74) is 2.79. The van der Waals surface area contributed by atoms with Gasteiger partial charge in [0.15, 0.2) is 6.61 Å². The Balaban J connectivity index is 1.76. The number of halogens is 1. The lowest BCUT2D eigenvalue weighted by molar-refractivity contribution is -0.126. The maximum Gasteiger partial charge on any atom is 0.261 e. The van der Waals surface area contributed by atoms with E-state index in [0.717, 1.165) is 16.8 Å². The second-order valence-corrected chi connectivity index (χ2v) is 5.83. The van der Waals surface area contributed by atoms with Crippen LogP contribution in [0.4, 0.5) is 10.1 Å². The summed E-state index contributed by atoms with van der Waals surface area (Å²) in [4.78, 5) is 18.9. The molecule has 0 heterocycles. The molecule has 1 amide bonds. The van der Waals surface area contributed by atoms with Gasteiger partial charge in [0.1, 0.15) is 5.82 Å². The molecule has 0 aliphatic carbocycles. The number of carbonyl (C=O) groups is 1. The Morgan fingerprint density at radius 2 is 1.84 bits per heavy atom. The molecule has 1 N–H and O–H groups in total. The fraction of sp³-hybridized carbons (Fsp3) is 0.263. The molecule has 0 unspecified atom stereocenters. The first-order valence-electron chi connectivity index (χ1n) is 7.93. The minimum absolute atomic E-state index is 0.183. The Kier molecular flexibility index (Phi) is 6.51. The van der Waals surface area contributed by atoms with Gasteiger partial charge in [-0.15, -0.1) is 0 Å². The lowest BCUT2D eigenvalue weighted by Gasteiger charge is -2.13. The van der Waals surface area contributed by atoms with Crippen LogP contribution in [0.25, 0.3) is 0 Å². The van der Waals surface area contributed by atoms with E-state index in [-0.39, 0.29) is 24.4 Å². The highest BCUT2D eigenvalue weighted by Crippen LogP contribution is 2.13. The Labute approximate surface area is 147 Å². The molecule has 132 valence electrons. The number of hydrogen-bond acceptors (Lipinski definition) is 4. The number of carbonyl (C=O) groups excluding carboxylic acids is 1. The van der Waals surface area contributed by atoms with Gasteiger partial charge >= 0.3 is 0 Å². The molecule has 2 rings (SSSR count). The molecule has 6 heteroatoms. The summed E-state index contributed by atoms with van der Waals surface area (Å²) in [5, 5.41) is 6.57. The molecule has 2 aromatic carbocycles. The van der Waals surface area contributed by atoms with E-state index in [9.17, 15) is 9.18 Å². The predicted molar refractivity (Wildman–Crippen MR) is 97.3 cm³/mol. The summed E-state index contributed by atoms with van der Waals surface area (Å²) in [6, 6.07) is 13.5. The Morgan fingerprint density at radius 1 is 1.20 bits per heavy atom. The van der Waals surface area contributed by atoms with Crippen LogP contribution in [-0.4, -0.2) is 32.8 Å². The van der Waals surface area contributed by atoms with Crippen molar-refractivity contribution < 1.29 is 14.0 Å². The molecule has 0 bridgehead atoms. The molecule has 0 aliphatic rings. The van der Waals surface area contributed by atoms with Crippen LogP contribution in [0.1, 0.15) is 24.1 Å². The first-order valence-corrected chi connectivity index (χ1v) is 7.93. The summed E-state index contributed by atoms with van der Waals surface area (Å²) >= 11 is 0. The normalized spacial score (nSPS) is 12.0. The highest BCUT2D eigenvalue weighted by Gasteiger charge is 2.09. The number of hydrogen-bond donors (Lipinski definition) is 1. The van der Waals surface area contributed by atoms with Gasteiger partial charge in [-0.2, -0.15) is 0 Å². The third-order valence-electron chi connectivity index (χ3n) is 3.63. The molecular formula is C19H22FN3O2. The molecule has 0 fully saturated rings. The highest BCUT2D eigenvalue weighted by molar-refractivity contribution is 5.80. The predicted octanol–water partition coefficient (Wildman–Crippen LogP) is 3.12. The second-order valence-electron chi connectivity index (χ2n) is 5.83. The zero-order valence-corrected chi connectivity index (χ0v) is 14.6. The lowest BCUT2D eigenvalue weighted by atomic mass is 10.1. The van der Waals surface area contributed by atoms with Crippen molar-refractivity contribution in [3.05, 3.63) is 65.5 Å². The van der Waals surface area contributed by atoms with Gasteiger partial charge in [-0.05, 0) is 42.3 Å². The molecule has 2 aromatic rings. The Bertz CT molecular complexity index is 712. The van der Waals surface area contributed by atoms with Gasteiger partial charge in [0.2, 0.25) is 0 Å². The maximum absolute atomic E-state index is 12.9. The van der Waals surface area contributed by atoms with Gasteiger partial charge < -0.3 is 15.1 Å². The van der Waals surface area contributed by atoms with Crippen molar-refractivity contribution in [1.82, 2.24) is 5.32 Å². The van der Waals surface area contributed by atoms with Crippen LogP contribution in [0, 0.1) is 5.82 Å². The minimum Gasteiger partial charge on any atom is -0.386 e. The third-order valence-corrected chi connectivity index (χ3v) is 3.63. The zero-order valence-electron chi connectivity index (χ0n) is 14.6. The second kappa shape index (κ2) is 8.82. The summed E-state index contributed by atoms with van der Waals surface area (Å²) in [6.07, 6.45) is 1.55.